The number of Topliss-reactive ketones (excluding diaryl/α,β-unsaturated/α-hetero) is 1. The molecule has 1 atom stereocenters. The van der Waals surface area contributed by atoms with Crippen molar-refractivity contribution in [3.63, 3.8) is 0 Å². The first kappa shape index (κ1) is 19.3. The van der Waals surface area contributed by atoms with Gasteiger partial charge >= 0.3 is 0 Å². The number of sulfone groups is 1. The largest absolute Gasteiger partial charge is 0.485 e. The molecule has 4 rings (SSSR count). The van der Waals surface area contributed by atoms with Gasteiger partial charge in [0.15, 0.2) is 16.4 Å². The maximum absolute atomic E-state index is 12.8. The van der Waals surface area contributed by atoms with Crippen LogP contribution in [0.5, 0.6) is 5.75 Å². The van der Waals surface area contributed by atoms with Gasteiger partial charge in [-0.3, -0.25) is 4.79 Å². The van der Waals surface area contributed by atoms with Gasteiger partial charge in [-0.05, 0) is 48.9 Å². The van der Waals surface area contributed by atoms with Gasteiger partial charge in [0.25, 0.3) is 0 Å². The van der Waals surface area contributed by atoms with Crippen LogP contribution in [0.25, 0.3) is 5.69 Å². The summed E-state index contributed by atoms with van der Waals surface area (Å²) in [6.45, 7) is 3.63. The number of hydrogen-bond donors (Lipinski definition) is 0. The molecule has 29 heavy (non-hydrogen) atoms. The molecule has 10 heteroatoms. The minimum atomic E-state index is -3.00. The second kappa shape index (κ2) is 7.43. The van der Waals surface area contributed by atoms with Crippen molar-refractivity contribution in [3.05, 3.63) is 53.6 Å². The Bertz CT molecular complexity index is 1150. The van der Waals surface area contributed by atoms with Crippen LogP contribution in [-0.4, -0.2) is 57.1 Å². The van der Waals surface area contributed by atoms with Gasteiger partial charge in [0, 0.05) is 29.1 Å². The van der Waals surface area contributed by atoms with E-state index in [1.54, 1.807) is 18.2 Å². The zero-order valence-corrected chi connectivity index (χ0v) is 17.0. The molecule has 0 spiro atoms. The van der Waals surface area contributed by atoms with Crippen molar-refractivity contribution in [2.45, 2.75) is 26.3 Å². The summed E-state index contributed by atoms with van der Waals surface area (Å²) in [5.41, 5.74) is 2.94. The van der Waals surface area contributed by atoms with E-state index in [4.69, 9.17) is 4.74 Å². The SMILES string of the molecule is Cc1cc(C(=O)COc2cccc(-n3cnnn3)c2)c(C)n1[C@H]1CCS(=O)(=O)C1. The molecule has 0 amide bonds. The Balaban J connectivity index is 1.48. The standard InChI is InChI=1S/C19H21N5O4S/c1-13-8-18(14(2)24(13)16-6-7-29(26,27)11-16)19(25)10-28-17-5-3-4-15(9-17)23-12-20-21-22-23/h3-5,8-9,12,16H,6-7,10-11H2,1-2H3/t16-/m0/s1. The predicted molar refractivity (Wildman–Crippen MR) is 105 cm³/mol. The van der Waals surface area contributed by atoms with Crippen molar-refractivity contribution in [2.24, 2.45) is 0 Å². The zero-order chi connectivity index (χ0) is 20.6. The van der Waals surface area contributed by atoms with Crippen molar-refractivity contribution >= 4 is 15.6 Å². The molecule has 9 nitrogen and oxygen atoms in total. The molecule has 1 aliphatic rings. The van der Waals surface area contributed by atoms with Gasteiger partial charge in [0.05, 0.1) is 17.2 Å². The molecule has 0 aliphatic carbocycles. The van der Waals surface area contributed by atoms with E-state index in [1.165, 1.54) is 11.0 Å². The third kappa shape index (κ3) is 3.93. The average molecular weight is 415 g/mol. The fraction of sp³-hybridized carbons (Fsp3) is 0.368. The van der Waals surface area contributed by atoms with Crippen LogP contribution in [0.15, 0.2) is 36.7 Å². The number of carbonyl (C=O) groups excluding carboxylic acids is 1. The summed E-state index contributed by atoms with van der Waals surface area (Å²) in [6, 6.07) is 8.82. The van der Waals surface area contributed by atoms with E-state index in [0.29, 0.717) is 17.7 Å². The molecule has 1 fully saturated rings. The molecule has 0 N–H and O–H groups in total. The highest BCUT2D eigenvalue weighted by molar-refractivity contribution is 7.91. The molecular weight excluding hydrogens is 394 g/mol. The van der Waals surface area contributed by atoms with E-state index in [-0.39, 0.29) is 29.9 Å². The molecule has 0 unspecified atom stereocenters. The van der Waals surface area contributed by atoms with Crippen LogP contribution in [0.1, 0.15) is 34.2 Å². The van der Waals surface area contributed by atoms with E-state index in [0.717, 1.165) is 17.1 Å². The number of rotatable bonds is 6. The summed E-state index contributed by atoms with van der Waals surface area (Å²) in [5.74, 6) is 0.691. The fourth-order valence-corrected chi connectivity index (χ4v) is 5.52. The average Bonchev–Trinajstić information content (AvgIpc) is 3.40. The van der Waals surface area contributed by atoms with Gasteiger partial charge in [0.2, 0.25) is 5.78 Å². The maximum Gasteiger partial charge on any atom is 0.202 e. The van der Waals surface area contributed by atoms with E-state index in [2.05, 4.69) is 15.5 Å². The van der Waals surface area contributed by atoms with Crippen LogP contribution in [0.2, 0.25) is 0 Å². The molecule has 1 saturated heterocycles. The van der Waals surface area contributed by atoms with Crippen molar-refractivity contribution in [1.29, 1.82) is 0 Å². The van der Waals surface area contributed by atoms with E-state index < -0.39 is 9.84 Å². The topological polar surface area (TPSA) is 109 Å². The molecule has 3 heterocycles. The summed E-state index contributed by atoms with van der Waals surface area (Å²) < 4.78 is 32.8. The maximum atomic E-state index is 12.8. The first-order valence-corrected chi connectivity index (χ1v) is 11.0. The summed E-state index contributed by atoms with van der Waals surface area (Å²) in [7, 11) is -3.00. The van der Waals surface area contributed by atoms with Crippen LogP contribution in [0.4, 0.5) is 0 Å². The molecule has 0 bridgehead atoms. The summed E-state index contributed by atoms with van der Waals surface area (Å²) in [6.07, 6.45) is 2.05. The number of ketones is 1. The Morgan fingerprint density at radius 2 is 2.10 bits per heavy atom. The first-order valence-electron chi connectivity index (χ1n) is 9.22. The Hall–Kier alpha value is -3.01. The number of carbonyl (C=O) groups is 1. The zero-order valence-electron chi connectivity index (χ0n) is 16.1. The number of ether oxygens (including phenoxy) is 1. The minimum absolute atomic E-state index is 0.115. The van der Waals surface area contributed by atoms with Crippen molar-refractivity contribution in [1.82, 2.24) is 24.8 Å². The fourth-order valence-electron chi connectivity index (χ4n) is 3.82. The highest BCUT2D eigenvalue weighted by atomic mass is 32.2. The number of nitrogens with zero attached hydrogens (tertiary/aromatic N) is 5. The Morgan fingerprint density at radius 1 is 1.28 bits per heavy atom. The number of hydrogen-bond acceptors (Lipinski definition) is 7. The number of aromatic nitrogens is 5. The summed E-state index contributed by atoms with van der Waals surface area (Å²) in [5, 5.41) is 11.0. The van der Waals surface area contributed by atoms with Gasteiger partial charge < -0.3 is 9.30 Å². The van der Waals surface area contributed by atoms with Gasteiger partial charge in [-0.1, -0.05) is 6.07 Å². The van der Waals surface area contributed by atoms with Crippen molar-refractivity contribution in [3.8, 4) is 11.4 Å². The molecule has 1 aliphatic heterocycles. The summed E-state index contributed by atoms with van der Waals surface area (Å²) >= 11 is 0. The van der Waals surface area contributed by atoms with E-state index in [1.807, 2.05) is 30.5 Å². The molecule has 152 valence electrons. The number of tetrazole rings is 1. The third-order valence-corrected chi connectivity index (χ3v) is 6.91. The second-order valence-corrected chi connectivity index (χ2v) is 9.40. The van der Waals surface area contributed by atoms with Crippen LogP contribution in [0.3, 0.4) is 0 Å². The smallest absolute Gasteiger partial charge is 0.202 e. The lowest BCUT2D eigenvalue weighted by molar-refractivity contribution is 0.0920. The highest BCUT2D eigenvalue weighted by Gasteiger charge is 2.31. The van der Waals surface area contributed by atoms with Gasteiger partial charge in [-0.2, -0.15) is 0 Å². The molecule has 1 aromatic carbocycles. The van der Waals surface area contributed by atoms with Crippen LogP contribution in [0, 0.1) is 13.8 Å². The van der Waals surface area contributed by atoms with E-state index >= 15 is 0 Å². The molecular formula is C19H21N5O4S. The third-order valence-electron chi connectivity index (χ3n) is 5.16. The monoisotopic (exact) mass is 415 g/mol. The normalized spacial score (nSPS) is 18.1. The van der Waals surface area contributed by atoms with E-state index in [9.17, 15) is 13.2 Å². The Labute approximate surface area is 168 Å². The van der Waals surface area contributed by atoms with Gasteiger partial charge in [-0.25, -0.2) is 13.1 Å². The highest BCUT2D eigenvalue weighted by Crippen LogP contribution is 2.29. The lowest BCUT2D eigenvalue weighted by Crippen LogP contribution is -2.16. The van der Waals surface area contributed by atoms with Gasteiger partial charge in [-0.15, -0.1) is 5.10 Å². The predicted octanol–water partition coefficient (Wildman–Crippen LogP) is 1.70. The Kier molecular flexibility index (Phi) is 4.95. The first-order chi connectivity index (χ1) is 13.8. The molecule has 3 aromatic rings. The Morgan fingerprint density at radius 3 is 2.79 bits per heavy atom. The lowest BCUT2D eigenvalue weighted by Gasteiger charge is -2.16. The quantitative estimate of drug-likeness (QED) is 0.564. The van der Waals surface area contributed by atoms with Crippen LogP contribution in [-0.2, 0) is 9.84 Å². The molecule has 2 aromatic heterocycles. The lowest BCUT2D eigenvalue weighted by atomic mass is 10.1. The van der Waals surface area contributed by atoms with Crippen molar-refractivity contribution < 1.29 is 17.9 Å². The van der Waals surface area contributed by atoms with Crippen LogP contribution < -0.4 is 4.74 Å². The minimum Gasteiger partial charge on any atom is -0.485 e. The van der Waals surface area contributed by atoms with Crippen molar-refractivity contribution in [2.75, 3.05) is 18.1 Å². The summed E-state index contributed by atoms with van der Waals surface area (Å²) in [4.78, 5) is 12.8. The van der Waals surface area contributed by atoms with Gasteiger partial charge in [0.1, 0.15) is 12.1 Å². The second-order valence-electron chi connectivity index (χ2n) is 7.18. The number of benzene rings is 1. The van der Waals surface area contributed by atoms with Crippen LogP contribution >= 0.6 is 0 Å². The number of aryl methyl sites for hydroxylation is 1. The molecule has 0 radical (unpaired) electrons. The molecule has 0 saturated carbocycles.